The van der Waals surface area contributed by atoms with E-state index in [1.807, 2.05) is 42.7 Å². The Balaban J connectivity index is 1.59. The highest BCUT2D eigenvalue weighted by molar-refractivity contribution is 7.99. The van der Waals surface area contributed by atoms with Crippen LogP contribution in [-0.4, -0.2) is 32.3 Å². The fourth-order valence-electron chi connectivity index (χ4n) is 2.83. The van der Waals surface area contributed by atoms with Crippen molar-refractivity contribution in [1.82, 2.24) is 14.8 Å². The van der Waals surface area contributed by atoms with Crippen molar-refractivity contribution in [3.8, 4) is 0 Å². The summed E-state index contributed by atoms with van der Waals surface area (Å²) in [4.78, 5) is 24.7. The number of hydrogen-bond donors (Lipinski definition) is 2. The highest BCUT2D eigenvalue weighted by Crippen LogP contribution is 2.25. The molecule has 2 amide bonds. The molecule has 1 heterocycles. The molecule has 0 radical (unpaired) electrons. The Hall–Kier alpha value is -2.55. The maximum absolute atomic E-state index is 12.4. The third-order valence-corrected chi connectivity index (χ3v) is 6.09. The summed E-state index contributed by atoms with van der Waals surface area (Å²) >= 11 is 13.1. The van der Waals surface area contributed by atoms with Gasteiger partial charge in [-0.15, -0.1) is 10.2 Å². The van der Waals surface area contributed by atoms with E-state index in [2.05, 4.69) is 20.8 Å². The molecule has 162 valence electrons. The summed E-state index contributed by atoms with van der Waals surface area (Å²) in [7, 11) is 0. The number of carbonyl (C=O) groups is 2. The Morgan fingerprint density at radius 3 is 2.52 bits per heavy atom. The number of aryl methyl sites for hydroxylation is 1. The number of rotatable bonds is 8. The van der Waals surface area contributed by atoms with E-state index in [4.69, 9.17) is 23.2 Å². The molecule has 0 bridgehead atoms. The minimum Gasteiger partial charge on any atom is -0.325 e. The molecule has 0 saturated carbocycles. The Bertz CT molecular complexity index is 1100. The largest absolute Gasteiger partial charge is 0.325 e. The van der Waals surface area contributed by atoms with Crippen molar-refractivity contribution in [3.05, 3.63) is 63.9 Å². The Morgan fingerprint density at radius 2 is 1.81 bits per heavy atom. The lowest BCUT2D eigenvalue weighted by Crippen LogP contribution is -2.18. The van der Waals surface area contributed by atoms with Gasteiger partial charge in [0, 0.05) is 17.9 Å². The Kier molecular flexibility index (Phi) is 7.95. The second-order valence-corrected chi connectivity index (χ2v) is 8.41. The van der Waals surface area contributed by atoms with E-state index >= 15 is 0 Å². The van der Waals surface area contributed by atoms with E-state index in [0.29, 0.717) is 33.3 Å². The molecule has 3 aromatic rings. The van der Waals surface area contributed by atoms with Gasteiger partial charge in [-0.2, -0.15) is 0 Å². The van der Waals surface area contributed by atoms with Crippen LogP contribution >= 0.6 is 35.0 Å². The van der Waals surface area contributed by atoms with Gasteiger partial charge in [0.05, 0.1) is 22.2 Å². The second kappa shape index (κ2) is 10.7. The summed E-state index contributed by atoms with van der Waals surface area (Å²) in [6.45, 7) is 4.45. The molecule has 10 heteroatoms. The molecule has 0 aliphatic rings. The van der Waals surface area contributed by atoms with Crippen molar-refractivity contribution in [2.75, 3.05) is 16.4 Å². The van der Waals surface area contributed by atoms with Crippen molar-refractivity contribution in [2.45, 2.75) is 32.0 Å². The molecule has 0 atom stereocenters. The van der Waals surface area contributed by atoms with Crippen LogP contribution in [0.3, 0.4) is 0 Å². The third kappa shape index (κ3) is 6.22. The van der Waals surface area contributed by atoms with E-state index in [0.717, 1.165) is 11.3 Å². The van der Waals surface area contributed by atoms with Gasteiger partial charge in [0.2, 0.25) is 11.8 Å². The normalized spacial score (nSPS) is 10.7. The number of anilines is 2. The molecule has 2 N–H and O–H groups in total. The van der Waals surface area contributed by atoms with E-state index in [9.17, 15) is 9.59 Å². The van der Waals surface area contributed by atoms with Gasteiger partial charge in [-0.05, 0) is 43.7 Å². The van der Waals surface area contributed by atoms with E-state index in [-0.39, 0.29) is 24.0 Å². The smallest absolute Gasteiger partial charge is 0.234 e. The van der Waals surface area contributed by atoms with Crippen LogP contribution in [0.4, 0.5) is 11.4 Å². The average Bonchev–Trinajstić information content (AvgIpc) is 3.12. The number of carbonyl (C=O) groups excluding carboxylic acids is 2. The summed E-state index contributed by atoms with van der Waals surface area (Å²) in [6, 6.07) is 12.5. The predicted molar refractivity (Wildman–Crippen MR) is 125 cm³/mol. The topological polar surface area (TPSA) is 88.9 Å². The van der Waals surface area contributed by atoms with Crippen LogP contribution < -0.4 is 10.6 Å². The first-order chi connectivity index (χ1) is 14.9. The van der Waals surface area contributed by atoms with Crippen LogP contribution in [0.25, 0.3) is 0 Å². The predicted octanol–water partition coefficient (Wildman–Crippen LogP) is 4.83. The number of benzene rings is 2. The summed E-state index contributed by atoms with van der Waals surface area (Å²) in [5.41, 5.74) is 2.31. The number of aromatic nitrogens is 3. The monoisotopic (exact) mass is 477 g/mol. The third-order valence-electron chi connectivity index (χ3n) is 4.38. The van der Waals surface area contributed by atoms with Gasteiger partial charge in [0.25, 0.3) is 0 Å². The molecule has 2 aromatic carbocycles. The van der Waals surface area contributed by atoms with Gasteiger partial charge >= 0.3 is 0 Å². The number of hydrogen-bond acceptors (Lipinski definition) is 5. The first-order valence-corrected chi connectivity index (χ1v) is 11.3. The van der Waals surface area contributed by atoms with Crippen LogP contribution in [-0.2, 0) is 22.6 Å². The van der Waals surface area contributed by atoms with Crippen molar-refractivity contribution < 1.29 is 9.59 Å². The lowest BCUT2D eigenvalue weighted by Gasteiger charge is -2.10. The van der Waals surface area contributed by atoms with Crippen molar-refractivity contribution in [3.63, 3.8) is 0 Å². The molecule has 0 spiro atoms. The molecule has 7 nitrogen and oxygen atoms in total. The molecule has 1 aromatic heterocycles. The van der Waals surface area contributed by atoms with Crippen molar-refractivity contribution in [2.24, 2.45) is 0 Å². The SMILES string of the molecule is CCn1c(CC(=O)Nc2ccccc2C)nnc1SCC(=O)Nc1ccc(Cl)c(Cl)c1. The van der Waals surface area contributed by atoms with Gasteiger partial charge < -0.3 is 15.2 Å². The van der Waals surface area contributed by atoms with Gasteiger partial charge in [-0.1, -0.05) is 53.2 Å². The Labute approximate surface area is 194 Å². The van der Waals surface area contributed by atoms with E-state index < -0.39 is 0 Å². The minimum absolute atomic E-state index is 0.0885. The quantitative estimate of drug-likeness (QED) is 0.453. The zero-order chi connectivity index (χ0) is 22.4. The van der Waals surface area contributed by atoms with Crippen molar-refractivity contribution in [1.29, 1.82) is 0 Å². The van der Waals surface area contributed by atoms with Crippen LogP contribution in [0.1, 0.15) is 18.3 Å². The summed E-state index contributed by atoms with van der Waals surface area (Å²) < 4.78 is 1.83. The summed E-state index contributed by atoms with van der Waals surface area (Å²) in [5, 5.41) is 15.3. The molecular weight excluding hydrogens is 457 g/mol. The van der Waals surface area contributed by atoms with Gasteiger partial charge in [0.15, 0.2) is 5.16 Å². The Morgan fingerprint density at radius 1 is 1.03 bits per heavy atom. The molecular formula is C21H21Cl2N5O2S. The number of halogens is 2. The summed E-state index contributed by atoms with van der Waals surface area (Å²) in [5.74, 6) is 0.285. The number of para-hydroxylation sites is 1. The molecule has 0 saturated heterocycles. The lowest BCUT2D eigenvalue weighted by molar-refractivity contribution is -0.116. The molecule has 31 heavy (non-hydrogen) atoms. The molecule has 0 aliphatic carbocycles. The highest BCUT2D eigenvalue weighted by atomic mass is 35.5. The van der Waals surface area contributed by atoms with Gasteiger partial charge in [0.1, 0.15) is 5.82 Å². The van der Waals surface area contributed by atoms with Crippen LogP contribution in [0, 0.1) is 6.92 Å². The standard InChI is InChI=1S/C21H21Cl2N5O2S/c1-3-28-18(11-19(29)25-17-7-5-4-6-13(17)2)26-27-21(28)31-12-20(30)24-14-8-9-15(22)16(23)10-14/h4-10H,3,11-12H2,1-2H3,(H,24,30)(H,25,29). The van der Waals surface area contributed by atoms with Crippen LogP contribution in [0.15, 0.2) is 47.6 Å². The first-order valence-electron chi connectivity index (χ1n) is 9.52. The maximum atomic E-state index is 12.4. The average molecular weight is 478 g/mol. The molecule has 0 aliphatic heterocycles. The van der Waals surface area contributed by atoms with Crippen LogP contribution in [0.2, 0.25) is 10.0 Å². The zero-order valence-electron chi connectivity index (χ0n) is 17.0. The number of thioether (sulfide) groups is 1. The van der Waals surface area contributed by atoms with Gasteiger partial charge in [-0.3, -0.25) is 9.59 Å². The highest BCUT2D eigenvalue weighted by Gasteiger charge is 2.16. The number of nitrogens with one attached hydrogen (secondary N) is 2. The molecule has 0 fully saturated rings. The first kappa shape index (κ1) is 23.1. The fraction of sp³-hybridized carbons (Fsp3) is 0.238. The number of amides is 2. The second-order valence-electron chi connectivity index (χ2n) is 6.65. The van der Waals surface area contributed by atoms with E-state index in [1.165, 1.54) is 11.8 Å². The fourth-order valence-corrected chi connectivity index (χ4v) is 3.95. The minimum atomic E-state index is -0.215. The summed E-state index contributed by atoms with van der Waals surface area (Å²) in [6.07, 6.45) is 0.0885. The van der Waals surface area contributed by atoms with Crippen LogP contribution in [0.5, 0.6) is 0 Å². The van der Waals surface area contributed by atoms with E-state index in [1.54, 1.807) is 18.2 Å². The zero-order valence-corrected chi connectivity index (χ0v) is 19.3. The lowest BCUT2D eigenvalue weighted by atomic mass is 10.2. The molecule has 0 unspecified atom stereocenters. The van der Waals surface area contributed by atoms with Crippen molar-refractivity contribution >= 4 is 58.2 Å². The number of nitrogens with zero attached hydrogens (tertiary/aromatic N) is 3. The molecule has 3 rings (SSSR count). The van der Waals surface area contributed by atoms with Gasteiger partial charge in [-0.25, -0.2) is 0 Å². The maximum Gasteiger partial charge on any atom is 0.234 e.